The molecule has 2 rings (SSSR count). The summed E-state index contributed by atoms with van der Waals surface area (Å²) in [6.07, 6.45) is 5.48. The molecule has 0 aliphatic heterocycles. The Labute approximate surface area is 105 Å². The van der Waals surface area contributed by atoms with E-state index in [4.69, 9.17) is 0 Å². The molecule has 0 radical (unpaired) electrons. The average molecular weight is 248 g/mol. The smallest absolute Gasteiger partial charge is 0.293 e. The van der Waals surface area contributed by atoms with Crippen molar-refractivity contribution in [3.8, 4) is 0 Å². The van der Waals surface area contributed by atoms with Gasteiger partial charge in [0.05, 0.1) is 4.92 Å². The molecule has 0 aromatic heterocycles. The van der Waals surface area contributed by atoms with Crippen molar-refractivity contribution in [1.82, 2.24) is 0 Å². The third-order valence-corrected chi connectivity index (χ3v) is 3.16. The van der Waals surface area contributed by atoms with E-state index in [1.54, 1.807) is 12.1 Å². The molecule has 18 heavy (non-hydrogen) atoms. The molecule has 0 spiro atoms. The first-order valence-corrected chi connectivity index (χ1v) is 6.18. The van der Waals surface area contributed by atoms with Crippen molar-refractivity contribution in [3.63, 3.8) is 0 Å². The molecular weight excluding hydrogens is 232 g/mol. The lowest BCUT2D eigenvalue weighted by Gasteiger charge is -2.07. The molecule has 5 nitrogen and oxygen atoms in total. The van der Waals surface area contributed by atoms with Crippen LogP contribution in [-0.4, -0.2) is 17.8 Å². The van der Waals surface area contributed by atoms with Gasteiger partial charge in [0.15, 0.2) is 0 Å². The van der Waals surface area contributed by atoms with Gasteiger partial charge in [-0.25, -0.2) is 0 Å². The number of nitrogens with one attached hydrogen (secondary N) is 1. The Morgan fingerprint density at radius 3 is 2.83 bits per heavy atom. The largest absolute Gasteiger partial charge is 0.379 e. The second kappa shape index (κ2) is 5.62. The Kier molecular flexibility index (Phi) is 3.92. The molecule has 96 valence electrons. The zero-order valence-corrected chi connectivity index (χ0v) is 10.1. The first kappa shape index (κ1) is 12.5. The number of carbonyl (C=O) groups excluding carboxylic acids is 1. The number of nitro benzene ring substituents is 1. The highest BCUT2D eigenvalue weighted by molar-refractivity contribution is 5.79. The molecule has 1 aliphatic rings. The van der Waals surface area contributed by atoms with Crippen LogP contribution in [0.2, 0.25) is 0 Å². The second-order valence-corrected chi connectivity index (χ2v) is 4.66. The molecule has 0 amide bonds. The lowest BCUT2D eigenvalue weighted by molar-refractivity contribution is -0.384. The van der Waals surface area contributed by atoms with Gasteiger partial charge in [0.25, 0.3) is 5.69 Å². The van der Waals surface area contributed by atoms with E-state index < -0.39 is 4.92 Å². The topological polar surface area (TPSA) is 72.2 Å². The van der Waals surface area contributed by atoms with Gasteiger partial charge in [-0.2, -0.15) is 0 Å². The second-order valence-electron chi connectivity index (χ2n) is 4.66. The number of nitrogens with zero attached hydrogens (tertiary/aromatic N) is 1. The molecule has 0 heterocycles. The van der Waals surface area contributed by atoms with Gasteiger partial charge >= 0.3 is 0 Å². The molecule has 1 aromatic carbocycles. The summed E-state index contributed by atoms with van der Waals surface area (Å²) < 4.78 is 0. The molecule has 1 fully saturated rings. The summed E-state index contributed by atoms with van der Waals surface area (Å²) in [4.78, 5) is 21.0. The van der Waals surface area contributed by atoms with Crippen LogP contribution in [0.5, 0.6) is 0 Å². The Morgan fingerprint density at radius 2 is 2.22 bits per heavy atom. The monoisotopic (exact) mass is 248 g/mol. The van der Waals surface area contributed by atoms with Crippen molar-refractivity contribution in [2.45, 2.75) is 25.7 Å². The van der Waals surface area contributed by atoms with E-state index in [1.165, 1.54) is 25.3 Å². The Balaban J connectivity index is 1.96. The van der Waals surface area contributed by atoms with Crippen molar-refractivity contribution in [2.75, 3.05) is 11.9 Å². The minimum absolute atomic E-state index is 0.0361. The molecule has 5 heteroatoms. The molecule has 1 aliphatic carbocycles. The summed E-state index contributed by atoms with van der Waals surface area (Å²) in [5.41, 5.74) is 0.776. The fourth-order valence-corrected chi connectivity index (χ4v) is 1.94. The maximum atomic E-state index is 10.9. The van der Waals surface area contributed by atoms with E-state index in [0.717, 1.165) is 18.9 Å². The van der Waals surface area contributed by atoms with Crippen LogP contribution in [-0.2, 0) is 0 Å². The van der Waals surface area contributed by atoms with Crippen LogP contribution in [0, 0.1) is 16.0 Å². The molecule has 0 unspecified atom stereocenters. The molecule has 0 atom stereocenters. The van der Waals surface area contributed by atoms with Gasteiger partial charge in [0, 0.05) is 18.2 Å². The van der Waals surface area contributed by atoms with Crippen LogP contribution in [0.1, 0.15) is 36.0 Å². The fourth-order valence-electron chi connectivity index (χ4n) is 1.94. The van der Waals surface area contributed by atoms with Crippen molar-refractivity contribution in [3.05, 3.63) is 33.9 Å². The van der Waals surface area contributed by atoms with Gasteiger partial charge < -0.3 is 5.32 Å². The Morgan fingerprint density at radius 1 is 1.44 bits per heavy atom. The fraction of sp³-hybridized carbons (Fsp3) is 0.462. The van der Waals surface area contributed by atoms with Crippen LogP contribution in [0.25, 0.3) is 0 Å². The number of benzene rings is 1. The minimum Gasteiger partial charge on any atom is -0.379 e. The number of anilines is 1. The van der Waals surface area contributed by atoms with Gasteiger partial charge in [-0.1, -0.05) is 12.8 Å². The van der Waals surface area contributed by atoms with E-state index in [9.17, 15) is 14.9 Å². The maximum absolute atomic E-state index is 10.9. The average Bonchev–Trinajstić information content (AvgIpc) is 3.18. The zero-order valence-electron chi connectivity index (χ0n) is 10.1. The third-order valence-electron chi connectivity index (χ3n) is 3.16. The molecule has 1 N–H and O–H groups in total. The van der Waals surface area contributed by atoms with Crippen LogP contribution in [0.4, 0.5) is 11.4 Å². The summed E-state index contributed by atoms with van der Waals surface area (Å²) in [6, 6.07) is 4.48. The van der Waals surface area contributed by atoms with Gasteiger partial charge in [0.1, 0.15) is 12.0 Å². The summed E-state index contributed by atoms with van der Waals surface area (Å²) in [5, 5.41) is 14.0. The van der Waals surface area contributed by atoms with Crippen LogP contribution in [0.3, 0.4) is 0 Å². The molecule has 1 aromatic rings. The lowest BCUT2D eigenvalue weighted by atomic mass is 10.1. The quantitative estimate of drug-likeness (QED) is 0.348. The molecule has 0 saturated heterocycles. The first-order valence-electron chi connectivity index (χ1n) is 6.18. The normalized spacial score (nSPS) is 14.2. The molecular formula is C13H16N2O3. The summed E-state index contributed by atoms with van der Waals surface area (Å²) in [6.45, 7) is 0.734. The zero-order chi connectivity index (χ0) is 13.0. The Hall–Kier alpha value is -1.91. The lowest BCUT2D eigenvalue weighted by Crippen LogP contribution is -2.05. The van der Waals surface area contributed by atoms with E-state index in [0.29, 0.717) is 17.5 Å². The van der Waals surface area contributed by atoms with Crippen molar-refractivity contribution in [1.29, 1.82) is 0 Å². The van der Waals surface area contributed by atoms with Crippen molar-refractivity contribution in [2.24, 2.45) is 5.92 Å². The molecule has 1 saturated carbocycles. The van der Waals surface area contributed by atoms with E-state index in [1.807, 2.05) is 0 Å². The van der Waals surface area contributed by atoms with Gasteiger partial charge in [-0.3, -0.25) is 14.9 Å². The standard InChI is InChI=1S/C13H16N2O3/c16-9-11-5-6-12(13(8-11)15(17)18)14-7-1-2-10-3-4-10/h5-6,8-10,14H,1-4,7H2. The summed E-state index contributed by atoms with van der Waals surface area (Å²) in [7, 11) is 0. The van der Waals surface area contributed by atoms with Gasteiger partial charge in [0.2, 0.25) is 0 Å². The highest BCUT2D eigenvalue weighted by Gasteiger charge is 2.20. The van der Waals surface area contributed by atoms with E-state index in [-0.39, 0.29) is 5.69 Å². The van der Waals surface area contributed by atoms with Crippen LogP contribution in [0.15, 0.2) is 18.2 Å². The Bertz CT molecular complexity index is 456. The van der Waals surface area contributed by atoms with Gasteiger partial charge in [-0.15, -0.1) is 0 Å². The first-order chi connectivity index (χ1) is 8.70. The van der Waals surface area contributed by atoms with Gasteiger partial charge in [-0.05, 0) is 30.9 Å². The highest BCUT2D eigenvalue weighted by atomic mass is 16.6. The molecule has 0 bridgehead atoms. The maximum Gasteiger partial charge on any atom is 0.293 e. The number of nitro groups is 1. The van der Waals surface area contributed by atoms with Crippen molar-refractivity contribution < 1.29 is 9.72 Å². The number of carbonyl (C=O) groups is 1. The van der Waals surface area contributed by atoms with Crippen LogP contribution < -0.4 is 5.32 Å². The highest BCUT2D eigenvalue weighted by Crippen LogP contribution is 2.33. The van der Waals surface area contributed by atoms with Crippen LogP contribution >= 0.6 is 0 Å². The third kappa shape index (κ3) is 3.29. The number of hydrogen-bond donors (Lipinski definition) is 1. The SMILES string of the molecule is O=Cc1ccc(NCCCC2CC2)c([N+](=O)[O-])c1. The summed E-state index contributed by atoms with van der Waals surface area (Å²) >= 11 is 0. The summed E-state index contributed by atoms with van der Waals surface area (Å²) in [5.74, 6) is 0.874. The minimum atomic E-state index is -0.462. The number of aldehydes is 1. The predicted molar refractivity (Wildman–Crippen MR) is 68.9 cm³/mol. The van der Waals surface area contributed by atoms with E-state index >= 15 is 0 Å². The predicted octanol–water partition coefficient (Wildman–Crippen LogP) is 3.01. The number of rotatable bonds is 7. The van der Waals surface area contributed by atoms with E-state index in [2.05, 4.69) is 5.32 Å². The van der Waals surface area contributed by atoms with Crippen molar-refractivity contribution >= 4 is 17.7 Å². The number of hydrogen-bond acceptors (Lipinski definition) is 4.